The lowest BCUT2D eigenvalue weighted by molar-refractivity contribution is -0.158. The fourth-order valence-electron chi connectivity index (χ4n) is 9.73. The Morgan fingerprint density at radius 3 is 2.38 bits per heavy atom. The number of hydrogen-bond acceptors (Lipinski definition) is 5. The second-order valence-electron chi connectivity index (χ2n) is 14.2. The first-order chi connectivity index (χ1) is 17.2. The third kappa shape index (κ3) is 3.38. The number of Topliss-reactive ketones (excluding diaryl/α,β-unsaturated/α-hetero) is 1. The fraction of sp³-hybridized carbons (Fsp3) is 0.742. The number of amides is 1. The number of carbonyl (C=O) groups excluding carboxylic acids is 3. The van der Waals surface area contributed by atoms with Gasteiger partial charge in [0.2, 0.25) is 0 Å². The van der Waals surface area contributed by atoms with Crippen LogP contribution in [0.1, 0.15) is 86.5 Å². The summed E-state index contributed by atoms with van der Waals surface area (Å²) >= 11 is 0. The van der Waals surface area contributed by atoms with Gasteiger partial charge in [0.1, 0.15) is 6.07 Å². The zero-order chi connectivity index (χ0) is 27.2. The number of ketones is 2. The molecule has 0 spiro atoms. The molecule has 8 atom stereocenters. The zero-order valence-electron chi connectivity index (χ0n) is 23.5. The standard InChI is InChI=1S/C31H42N2O4/c1-18-20-8-9-29(5)23(28(20,4)15-19(17-32)25(18)35)14-22(34)24-21-16-27(2,3)10-12-31(21,33-26(36)37-7)13-11-30(24,29)6/h14-15,18,20-21,24H,8-13,16H2,1-7H3,(H,33,36)/t18-,20-,21-,24-,28-,29+,30+,31-/m0/s1. The van der Waals surface area contributed by atoms with Crippen molar-refractivity contribution in [2.45, 2.75) is 92.0 Å². The van der Waals surface area contributed by atoms with E-state index in [1.54, 1.807) is 0 Å². The summed E-state index contributed by atoms with van der Waals surface area (Å²) in [6, 6.07) is 2.15. The van der Waals surface area contributed by atoms with Gasteiger partial charge in [-0.2, -0.15) is 5.26 Å². The van der Waals surface area contributed by atoms with Crippen molar-refractivity contribution in [1.29, 1.82) is 5.26 Å². The van der Waals surface area contributed by atoms with Crippen molar-refractivity contribution in [3.8, 4) is 6.07 Å². The van der Waals surface area contributed by atoms with Gasteiger partial charge in [-0.3, -0.25) is 9.59 Å². The van der Waals surface area contributed by atoms with Crippen LogP contribution >= 0.6 is 0 Å². The third-order valence-corrected chi connectivity index (χ3v) is 12.0. The minimum Gasteiger partial charge on any atom is -0.453 e. The molecule has 37 heavy (non-hydrogen) atoms. The Labute approximate surface area is 221 Å². The monoisotopic (exact) mass is 506 g/mol. The van der Waals surface area contributed by atoms with E-state index < -0.39 is 17.0 Å². The first-order valence-corrected chi connectivity index (χ1v) is 14.0. The molecule has 200 valence electrons. The van der Waals surface area contributed by atoms with E-state index in [9.17, 15) is 19.6 Å². The summed E-state index contributed by atoms with van der Waals surface area (Å²) in [7, 11) is 1.40. The molecule has 0 aromatic heterocycles. The highest BCUT2D eigenvalue weighted by molar-refractivity contribution is 6.02. The number of carbonyl (C=O) groups is 3. The van der Waals surface area contributed by atoms with Crippen LogP contribution in [-0.4, -0.2) is 30.3 Å². The predicted octanol–water partition coefficient (Wildman–Crippen LogP) is 5.92. The maximum atomic E-state index is 14.3. The van der Waals surface area contributed by atoms with Gasteiger partial charge in [-0.25, -0.2) is 4.79 Å². The lowest BCUT2D eigenvalue weighted by Crippen LogP contribution is -2.69. The van der Waals surface area contributed by atoms with E-state index in [4.69, 9.17) is 4.74 Å². The third-order valence-electron chi connectivity index (χ3n) is 12.0. The fourth-order valence-corrected chi connectivity index (χ4v) is 9.73. The Balaban J connectivity index is 1.66. The minimum atomic E-state index is -0.500. The molecular formula is C31H42N2O4. The molecule has 0 heterocycles. The number of fused-ring (bicyclic) bond motifs is 7. The van der Waals surface area contributed by atoms with E-state index in [0.717, 1.165) is 50.5 Å². The SMILES string of the molecule is COC(=O)N[C@]12CCC(C)(C)C[C@H]1[C@H]1C(=O)C=C3[C@@]4(C)C=C(C#N)C(=O)[C@@H](C)[C@@H]4CC[C@@]3(C)[C@]1(C)CC2. The largest absolute Gasteiger partial charge is 0.453 e. The number of allylic oxidation sites excluding steroid dienone is 4. The smallest absolute Gasteiger partial charge is 0.407 e. The molecule has 0 radical (unpaired) electrons. The highest BCUT2D eigenvalue weighted by Crippen LogP contribution is 2.72. The van der Waals surface area contributed by atoms with Crippen LogP contribution in [0, 0.1) is 56.7 Å². The highest BCUT2D eigenvalue weighted by Gasteiger charge is 2.69. The van der Waals surface area contributed by atoms with Crippen molar-refractivity contribution >= 4 is 17.7 Å². The number of nitrogens with one attached hydrogen (secondary N) is 1. The molecule has 0 aliphatic heterocycles. The minimum absolute atomic E-state index is 0.0267. The van der Waals surface area contributed by atoms with E-state index in [1.807, 2.05) is 19.1 Å². The van der Waals surface area contributed by atoms with Crippen LogP contribution in [0.2, 0.25) is 0 Å². The maximum Gasteiger partial charge on any atom is 0.407 e. The number of rotatable bonds is 1. The van der Waals surface area contributed by atoms with Crippen molar-refractivity contribution in [3.63, 3.8) is 0 Å². The molecule has 0 unspecified atom stereocenters. The second-order valence-corrected chi connectivity index (χ2v) is 14.2. The van der Waals surface area contributed by atoms with Crippen LogP contribution < -0.4 is 5.32 Å². The number of alkyl carbamates (subject to hydrolysis) is 1. The summed E-state index contributed by atoms with van der Waals surface area (Å²) in [5, 5.41) is 13.0. The molecular weight excluding hydrogens is 464 g/mol. The van der Waals surface area contributed by atoms with Crippen LogP contribution in [0.15, 0.2) is 23.3 Å². The molecule has 1 N–H and O–H groups in total. The molecule has 0 saturated heterocycles. The lowest BCUT2D eigenvalue weighted by Gasteiger charge is -2.68. The van der Waals surface area contributed by atoms with Crippen LogP contribution in [0.4, 0.5) is 4.79 Å². The van der Waals surface area contributed by atoms with E-state index >= 15 is 0 Å². The van der Waals surface area contributed by atoms with E-state index in [-0.39, 0.29) is 57.1 Å². The molecule has 1 amide bonds. The maximum absolute atomic E-state index is 14.3. The Hall–Kier alpha value is -2.42. The van der Waals surface area contributed by atoms with Crippen LogP contribution in [0.3, 0.4) is 0 Å². The number of ether oxygens (including phenoxy) is 1. The molecule has 0 aromatic rings. The molecule has 3 fully saturated rings. The summed E-state index contributed by atoms with van der Waals surface area (Å²) in [6.45, 7) is 13.3. The molecule has 6 heteroatoms. The molecule has 5 rings (SSSR count). The highest BCUT2D eigenvalue weighted by atomic mass is 16.5. The van der Waals surface area contributed by atoms with Crippen molar-refractivity contribution < 1.29 is 19.1 Å². The van der Waals surface area contributed by atoms with Gasteiger partial charge in [-0.1, -0.05) is 53.2 Å². The van der Waals surface area contributed by atoms with Gasteiger partial charge in [-0.15, -0.1) is 0 Å². The normalized spacial score (nSPS) is 46.1. The Bertz CT molecular complexity index is 1180. The van der Waals surface area contributed by atoms with Gasteiger partial charge >= 0.3 is 6.09 Å². The van der Waals surface area contributed by atoms with Crippen molar-refractivity contribution in [3.05, 3.63) is 23.3 Å². The quantitative estimate of drug-likeness (QED) is 0.476. The van der Waals surface area contributed by atoms with Crippen LogP contribution in [-0.2, 0) is 14.3 Å². The van der Waals surface area contributed by atoms with Gasteiger partial charge < -0.3 is 10.1 Å². The molecule has 5 aliphatic rings. The van der Waals surface area contributed by atoms with Gasteiger partial charge in [0.15, 0.2) is 11.6 Å². The summed E-state index contributed by atoms with van der Waals surface area (Å²) in [5.74, 6) is -0.250. The predicted molar refractivity (Wildman–Crippen MR) is 140 cm³/mol. The van der Waals surface area contributed by atoms with Crippen molar-refractivity contribution in [1.82, 2.24) is 5.32 Å². The topological polar surface area (TPSA) is 96.3 Å². The average molecular weight is 507 g/mol. The molecule has 3 saturated carbocycles. The Kier molecular flexibility index (Phi) is 5.69. The van der Waals surface area contributed by atoms with Gasteiger partial charge in [0, 0.05) is 22.8 Å². The lowest BCUT2D eigenvalue weighted by atomic mass is 9.36. The van der Waals surface area contributed by atoms with Gasteiger partial charge in [0.25, 0.3) is 0 Å². The first kappa shape index (κ1) is 26.2. The molecule has 0 bridgehead atoms. The van der Waals surface area contributed by atoms with Gasteiger partial charge in [-0.05, 0) is 79.1 Å². The Morgan fingerprint density at radius 2 is 1.73 bits per heavy atom. The molecule has 5 aliphatic carbocycles. The zero-order valence-corrected chi connectivity index (χ0v) is 23.5. The molecule has 6 nitrogen and oxygen atoms in total. The number of nitriles is 1. The average Bonchev–Trinajstić information content (AvgIpc) is 2.83. The second kappa shape index (κ2) is 8.04. The van der Waals surface area contributed by atoms with E-state index in [0.29, 0.717) is 0 Å². The first-order valence-electron chi connectivity index (χ1n) is 14.0. The summed E-state index contributed by atoms with van der Waals surface area (Å²) in [5.41, 5.74) is -0.0432. The van der Waals surface area contributed by atoms with E-state index in [2.05, 4.69) is 46.0 Å². The van der Waals surface area contributed by atoms with Gasteiger partial charge in [0.05, 0.1) is 12.7 Å². The summed E-state index contributed by atoms with van der Waals surface area (Å²) in [4.78, 5) is 39.8. The summed E-state index contributed by atoms with van der Waals surface area (Å²) in [6.07, 6.45) is 9.57. The van der Waals surface area contributed by atoms with Crippen LogP contribution in [0.25, 0.3) is 0 Å². The van der Waals surface area contributed by atoms with Crippen molar-refractivity contribution in [2.24, 2.45) is 45.3 Å². The Morgan fingerprint density at radius 1 is 1.05 bits per heavy atom. The summed E-state index contributed by atoms with van der Waals surface area (Å²) < 4.78 is 5.05. The van der Waals surface area contributed by atoms with Crippen LogP contribution in [0.5, 0.6) is 0 Å². The number of methoxy groups -OCH3 is 1. The molecule has 0 aromatic carbocycles. The van der Waals surface area contributed by atoms with Crippen molar-refractivity contribution in [2.75, 3.05) is 7.11 Å². The number of hydrogen-bond donors (Lipinski definition) is 1. The van der Waals surface area contributed by atoms with E-state index in [1.165, 1.54) is 7.11 Å². The number of nitrogens with zero attached hydrogens (tertiary/aromatic N) is 1.